The minimum absolute atomic E-state index is 0.340. The molecule has 7 nitrogen and oxygen atoms in total. The van der Waals surface area contributed by atoms with Gasteiger partial charge in [0.25, 0.3) is 5.91 Å². The number of aromatic nitrogens is 1. The molecule has 1 aliphatic carbocycles. The molecule has 0 radical (unpaired) electrons. The van der Waals surface area contributed by atoms with Crippen molar-refractivity contribution in [1.82, 2.24) is 15.2 Å². The Kier molecular flexibility index (Phi) is 4.66. The maximum absolute atomic E-state index is 12.9. The van der Waals surface area contributed by atoms with Crippen LogP contribution in [0.15, 0.2) is 30.3 Å². The highest BCUT2D eigenvalue weighted by molar-refractivity contribution is 7.15. The van der Waals surface area contributed by atoms with Gasteiger partial charge in [0.1, 0.15) is 12.1 Å². The van der Waals surface area contributed by atoms with Crippen LogP contribution >= 0.6 is 11.3 Å². The summed E-state index contributed by atoms with van der Waals surface area (Å²) < 4.78 is 0. The largest absolute Gasteiger partial charge is 0.325 e. The molecule has 2 N–H and O–H groups in total. The van der Waals surface area contributed by atoms with Gasteiger partial charge in [0.2, 0.25) is 5.91 Å². The average Bonchev–Trinajstić information content (AvgIpc) is 3.15. The monoisotopic (exact) mass is 398 g/mol. The Hall–Kier alpha value is -2.74. The predicted molar refractivity (Wildman–Crippen MR) is 106 cm³/mol. The smallest absolute Gasteiger partial charge is 0.319 e. The average molecular weight is 398 g/mol. The van der Waals surface area contributed by atoms with Crippen LogP contribution in [0.4, 0.5) is 9.93 Å². The Morgan fingerprint density at radius 2 is 2.11 bits per heavy atom. The molecule has 1 saturated heterocycles. The zero-order chi connectivity index (χ0) is 19.9. The van der Waals surface area contributed by atoms with E-state index < -0.39 is 23.4 Å². The first kappa shape index (κ1) is 18.6. The highest BCUT2D eigenvalue weighted by Gasteiger charge is 2.49. The first-order chi connectivity index (χ1) is 13.4. The van der Waals surface area contributed by atoms with Crippen LogP contribution in [-0.2, 0) is 28.0 Å². The van der Waals surface area contributed by atoms with E-state index in [0.29, 0.717) is 16.6 Å². The number of thiazole rings is 1. The Bertz CT molecular complexity index is 942. The predicted octanol–water partition coefficient (Wildman–Crippen LogP) is 2.67. The SMILES string of the molecule is C[C@@H]1CCc2nc(NC(=O)CN3C(=O)N[C@](C)(c4ccccc4)C3=O)sc2C1. The number of carbonyl (C=O) groups excluding carboxylic acids is 3. The number of benzene rings is 1. The second-order valence-electron chi connectivity index (χ2n) is 7.60. The van der Waals surface area contributed by atoms with Crippen molar-refractivity contribution in [2.24, 2.45) is 5.92 Å². The minimum Gasteiger partial charge on any atom is -0.319 e. The van der Waals surface area contributed by atoms with Crippen LogP contribution in [0.1, 0.15) is 36.4 Å². The summed E-state index contributed by atoms with van der Waals surface area (Å²) in [5.74, 6) is -0.246. The molecule has 28 heavy (non-hydrogen) atoms. The van der Waals surface area contributed by atoms with Gasteiger partial charge in [-0.05, 0) is 37.7 Å². The number of urea groups is 1. The molecule has 1 aromatic heterocycles. The highest BCUT2D eigenvalue weighted by Crippen LogP contribution is 2.32. The lowest BCUT2D eigenvalue weighted by atomic mass is 9.92. The van der Waals surface area contributed by atoms with E-state index in [1.807, 2.05) is 6.07 Å². The molecule has 0 spiro atoms. The lowest BCUT2D eigenvalue weighted by molar-refractivity contribution is -0.133. The molecule has 2 heterocycles. The van der Waals surface area contributed by atoms with Crippen LogP contribution < -0.4 is 10.6 Å². The number of anilines is 1. The van der Waals surface area contributed by atoms with Gasteiger partial charge in [-0.15, -0.1) is 11.3 Å². The van der Waals surface area contributed by atoms with E-state index in [0.717, 1.165) is 29.9 Å². The molecule has 2 aromatic rings. The topological polar surface area (TPSA) is 91.4 Å². The van der Waals surface area contributed by atoms with Crippen molar-refractivity contribution < 1.29 is 14.4 Å². The van der Waals surface area contributed by atoms with Crippen molar-refractivity contribution in [2.75, 3.05) is 11.9 Å². The van der Waals surface area contributed by atoms with Gasteiger partial charge in [0.15, 0.2) is 5.13 Å². The second-order valence-corrected chi connectivity index (χ2v) is 8.68. The maximum Gasteiger partial charge on any atom is 0.325 e. The van der Waals surface area contributed by atoms with E-state index in [4.69, 9.17) is 0 Å². The summed E-state index contributed by atoms with van der Waals surface area (Å²) in [5.41, 5.74) is 0.553. The van der Waals surface area contributed by atoms with Gasteiger partial charge in [0, 0.05) is 4.88 Å². The van der Waals surface area contributed by atoms with Gasteiger partial charge in [-0.2, -0.15) is 0 Å². The lowest BCUT2D eigenvalue weighted by Gasteiger charge is -2.21. The third kappa shape index (κ3) is 3.28. The summed E-state index contributed by atoms with van der Waals surface area (Å²) >= 11 is 1.48. The molecule has 4 rings (SSSR count). The van der Waals surface area contributed by atoms with Crippen molar-refractivity contribution in [3.8, 4) is 0 Å². The molecule has 0 unspecified atom stereocenters. The maximum atomic E-state index is 12.9. The van der Waals surface area contributed by atoms with Gasteiger partial charge in [0.05, 0.1) is 5.69 Å². The molecule has 0 saturated carbocycles. The van der Waals surface area contributed by atoms with E-state index in [1.54, 1.807) is 31.2 Å². The van der Waals surface area contributed by atoms with Gasteiger partial charge < -0.3 is 10.6 Å². The Balaban J connectivity index is 1.45. The summed E-state index contributed by atoms with van der Waals surface area (Å²) in [6.07, 6.45) is 3.00. The molecular formula is C20H22N4O3S. The van der Waals surface area contributed by atoms with E-state index in [1.165, 1.54) is 16.2 Å². The van der Waals surface area contributed by atoms with Crippen LogP contribution in [0, 0.1) is 5.92 Å². The number of aryl methyl sites for hydroxylation is 1. The van der Waals surface area contributed by atoms with Gasteiger partial charge >= 0.3 is 6.03 Å². The first-order valence-electron chi connectivity index (χ1n) is 9.35. The summed E-state index contributed by atoms with van der Waals surface area (Å²) in [5, 5.41) is 5.98. The quantitative estimate of drug-likeness (QED) is 0.775. The standard InChI is InChI=1S/C20H22N4O3S/c1-12-8-9-14-15(10-12)28-18(21-14)22-16(25)11-24-17(26)20(2,23-19(24)27)13-6-4-3-5-7-13/h3-7,12H,8-11H2,1-2H3,(H,23,27)(H,21,22,25)/t12-,20-/m1/s1. The molecule has 0 bridgehead atoms. The first-order valence-corrected chi connectivity index (χ1v) is 10.2. The van der Waals surface area contributed by atoms with Crippen LogP contribution in [0.5, 0.6) is 0 Å². The molecule has 4 amide bonds. The zero-order valence-corrected chi connectivity index (χ0v) is 16.6. The van der Waals surface area contributed by atoms with Crippen molar-refractivity contribution >= 4 is 34.3 Å². The third-order valence-electron chi connectivity index (χ3n) is 5.36. The van der Waals surface area contributed by atoms with Crippen LogP contribution in [-0.4, -0.2) is 34.3 Å². The highest BCUT2D eigenvalue weighted by atomic mass is 32.1. The summed E-state index contributed by atoms with van der Waals surface area (Å²) in [7, 11) is 0. The number of imide groups is 1. The number of hydrogen-bond acceptors (Lipinski definition) is 5. The summed E-state index contributed by atoms with van der Waals surface area (Å²) in [6, 6.07) is 8.44. The van der Waals surface area contributed by atoms with Gasteiger partial charge in [-0.3, -0.25) is 14.5 Å². The zero-order valence-electron chi connectivity index (χ0n) is 15.8. The molecule has 2 aliphatic rings. The van der Waals surface area contributed by atoms with Crippen molar-refractivity contribution in [3.63, 3.8) is 0 Å². The van der Waals surface area contributed by atoms with Crippen molar-refractivity contribution in [2.45, 2.75) is 38.6 Å². The number of amides is 4. The second kappa shape index (κ2) is 7.01. The van der Waals surface area contributed by atoms with E-state index in [2.05, 4.69) is 22.5 Å². The number of fused-ring (bicyclic) bond motifs is 1. The fourth-order valence-electron chi connectivity index (χ4n) is 3.70. The fraction of sp³-hybridized carbons (Fsp3) is 0.400. The Morgan fingerprint density at radius 3 is 2.86 bits per heavy atom. The molecular weight excluding hydrogens is 376 g/mol. The molecule has 146 valence electrons. The van der Waals surface area contributed by atoms with E-state index in [-0.39, 0.29) is 6.54 Å². The molecule has 1 aromatic carbocycles. The molecule has 2 atom stereocenters. The lowest BCUT2D eigenvalue weighted by Crippen LogP contribution is -2.42. The molecule has 1 fully saturated rings. The molecule has 1 aliphatic heterocycles. The third-order valence-corrected chi connectivity index (χ3v) is 6.40. The minimum atomic E-state index is -1.17. The molecule has 8 heteroatoms. The van der Waals surface area contributed by atoms with Crippen LogP contribution in [0.3, 0.4) is 0 Å². The number of carbonyl (C=O) groups is 3. The van der Waals surface area contributed by atoms with E-state index in [9.17, 15) is 14.4 Å². The van der Waals surface area contributed by atoms with Gasteiger partial charge in [-0.25, -0.2) is 9.78 Å². The number of hydrogen-bond donors (Lipinski definition) is 2. The van der Waals surface area contributed by atoms with Gasteiger partial charge in [-0.1, -0.05) is 37.3 Å². The summed E-state index contributed by atoms with van der Waals surface area (Å²) in [6.45, 7) is 3.52. The Morgan fingerprint density at radius 1 is 1.36 bits per heavy atom. The number of nitrogens with zero attached hydrogens (tertiary/aromatic N) is 2. The fourth-order valence-corrected chi connectivity index (χ4v) is 4.89. The normalized spacial score (nSPS) is 24.1. The van der Waals surface area contributed by atoms with E-state index >= 15 is 0 Å². The van der Waals surface area contributed by atoms with Crippen molar-refractivity contribution in [3.05, 3.63) is 46.5 Å². The van der Waals surface area contributed by atoms with Crippen molar-refractivity contribution in [1.29, 1.82) is 0 Å². The Labute approximate surface area is 167 Å². The number of rotatable bonds is 4. The van der Waals surface area contributed by atoms with Crippen LogP contribution in [0.2, 0.25) is 0 Å². The van der Waals surface area contributed by atoms with Crippen LogP contribution in [0.25, 0.3) is 0 Å². The summed E-state index contributed by atoms with van der Waals surface area (Å²) in [4.78, 5) is 44.4. The number of nitrogens with one attached hydrogen (secondary N) is 2.